The van der Waals surface area contributed by atoms with Crippen molar-refractivity contribution in [2.24, 2.45) is 5.92 Å². The molecule has 72 valence electrons. The average Bonchev–Trinajstić information content (AvgIpc) is 2.35. The SMILES string of the molecule is C[C@H]1CC[C@@H](NCC[C@H](C)O)C1. The molecule has 2 nitrogen and oxygen atoms in total. The number of aliphatic hydroxyl groups excluding tert-OH is 1. The van der Waals surface area contributed by atoms with Gasteiger partial charge in [0.25, 0.3) is 0 Å². The van der Waals surface area contributed by atoms with Gasteiger partial charge >= 0.3 is 0 Å². The van der Waals surface area contributed by atoms with Crippen LogP contribution in [0.15, 0.2) is 0 Å². The van der Waals surface area contributed by atoms with Gasteiger partial charge in [0.1, 0.15) is 0 Å². The first-order chi connectivity index (χ1) is 5.68. The molecule has 12 heavy (non-hydrogen) atoms. The van der Waals surface area contributed by atoms with Gasteiger partial charge in [-0.3, -0.25) is 0 Å². The Kier molecular flexibility index (Phi) is 4.02. The quantitative estimate of drug-likeness (QED) is 0.672. The van der Waals surface area contributed by atoms with Crippen LogP contribution in [0.25, 0.3) is 0 Å². The van der Waals surface area contributed by atoms with Crippen LogP contribution in [0.2, 0.25) is 0 Å². The molecule has 0 bridgehead atoms. The van der Waals surface area contributed by atoms with E-state index in [0.717, 1.165) is 24.9 Å². The molecule has 0 radical (unpaired) electrons. The van der Waals surface area contributed by atoms with Crippen LogP contribution in [-0.4, -0.2) is 23.8 Å². The summed E-state index contributed by atoms with van der Waals surface area (Å²) < 4.78 is 0. The van der Waals surface area contributed by atoms with E-state index in [0.29, 0.717) is 0 Å². The van der Waals surface area contributed by atoms with E-state index in [1.807, 2.05) is 6.92 Å². The van der Waals surface area contributed by atoms with Gasteiger partial charge in [-0.15, -0.1) is 0 Å². The Morgan fingerprint density at radius 3 is 2.75 bits per heavy atom. The smallest absolute Gasteiger partial charge is 0.0524 e. The molecule has 2 N–H and O–H groups in total. The third-order valence-corrected chi connectivity index (χ3v) is 2.69. The van der Waals surface area contributed by atoms with Gasteiger partial charge in [-0.2, -0.15) is 0 Å². The lowest BCUT2D eigenvalue weighted by atomic mass is 10.1. The zero-order valence-electron chi connectivity index (χ0n) is 8.21. The van der Waals surface area contributed by atoms with Gasteiger partial charge in [0.05, 0.1) is 6.10 Å². The molecule has 0 aliphatic heterocycles. The molecule has 3 atom stereocenters. The molecule has 1 aliphatic rings. The zero-order valence-corrected chi connectivity index (χ0v) is 8.21. The highest BCUT2D eigenvalue weighted by Gasteiger charge is 2.20. The van der Waals surface area contributed by atoms with Crippen LogP contribution >= 0.6 is 0 Å². The maximum atomic E-state index is 9.04. The topological polar surface area (TPSA) is 32.3 Å². The maximum absolute atomic E-state index is 9.04. The van der Waals surface area contributed by atoms with Crippen molar-refractivity contribution in [1.29, 1.82) is 0 Å². The second kappa shape index (κ2) is 4.83. The Balaban J connectivity index is 2.00. The predicted octanol–water partition coefficient (Wildman–Crippen LogP) is 1.54. The molecule has 2 heteroatoms. The highest BCUT2D eigenvalue weighted by molar-refractivity contribution is 4.78. The third kappa shape index (κ3) is 3.55. The van der Waals surface area contributed by atoms with Gasteiger partial charge in [0, 0.05) is 6.04 Å². The van der Waals surface area contributed by atoms with Crippen molar-refractivity contribution in [1.82, 2.24) is 5.32 Å². The van der Waals surface area contributed by atoms with Gasteiger partial charge in [0.15, 0.2) is 0 Å². The summed E-state index contributed by atoms with van der Waals surface area (Å²) in [6.07, 6.45) is 4.73. The Morgan fingerprint density at radius 2 is 2.25 bits per heavy atom. The molecule has 0 saturated heterocycles. The van der Waals surface area contributed by atoms with E-state index < -0.39 is 0 Å². The summed E-state index contributed by atoms with van der Waals surface area (Å²) in [4.78, 5) is 0. The zero-order chi connectivity index (χ0) is 8.97. The molecule has 0 heterocycles. The van der Waals surface area contributed by atoms with Crippen molar-refractivity contribution >= 4 is 0 Å². The molecule has 1 rings (SSSR count). The lowest BCUT2D eigenvalue weighted by molar-refractivity contribution is 0.182. The minimum absolute atomic E-state index is 0.156. The third-order valence-electron chi connectivity index (χ3n) is 2.69. The molecule has 0 aromatic carbocycles. The van der Waals surface area contributed by atoms with Crippen molar-refractivity contribution in [3.8, 4) is 0 Å². The fourth-order valence-electron chi connectivity index (χ4n) is 1.89. The van der Waals surface area contributed by atoms with E-state index in [2.05, 4.69) is 12.2 Å². The molecule has 0 unspecified atom stereocenters. The Bertz CT molecular complexity index is 125. The van der Waals surface area contributed by atoms with Crippen LogP contribution in [0, 0.1) is 5.92 Å². The highest BCUT2D eigenvalue weighted by atomic mass is 16.3. The molecule has 0 amide bonds. The standard InChI is InChI=1S/C10H21NO/c1-8-3-4-10(7-8)11-6-5-9(2)12/h8-12H,3-7H2,1-2H3/t8-,9-,10+/m0/s1. The minimum Gasteiger partial charge on any atom is -0.393 e. The lowest BCUT2D eigenvalue weighted by Gasteiger charge is -2.12. The van der Waals surface area contributed by atoms with Crippen LogP contribution in [0.5, 0.6) is 0 Å². The monoisotopic (exact) mass is 171 g/mol. The lowest BCUT2D eigenvalue weighted by Crippen LogP contribution is -2.28. The van der Waals surface area contributed by atoms with Crippen molar-refractivity contribution in [2.45, 2.75) is 51.7 Å². The summed E-state index contributed by atoms with van der Waals surface area (Å²) in [6.45, 7) is 5.13. The van der Waals surface area contributed by atoms with Crippen molar-refractivity contribution in [3.05, 3.63) is 0 Å². The van der Waals surface area contributed by atoms with Crippen molar-refractivity contribution in [2.75, 3.05) is 6.54 Å². The van der Waals surface area contributed by atoms with Crippen molar-refractivity contribution in [3.63, 3.8) is 0 Å². The largest absolute Gasteiger partial charge is 0.393 e. The fourth-order valence-corrected chi connectivity index (χ4v) is 1.89. The Morgan fingerprint density at radius 1 is 1.50 bits per heavy atom. The van der Waals surface area contributed by atoms with E-state index in [1.165, 1.54) is 19.3 Å². The van der Waals surface area contributed by atoms with Crippen molar-refractivity contribution < 1.29 is 5.11 Å². The molecule has 1 fully saturated rings. The molecule has 0 aromatic rings. The van der Waals surface area contributed by atoms with Gasteiger partial charge in [-0.25, -0.2) is 0 Å². The van der Waals surface area contributed by atoms with Crippen LogP contribution in [-0.2, 0) is 0 Å². The molecular formula is C10H21NO. The maximum Gasteiger partial charge on any atom is 0.0524 e. The number of aliphatic hydroxyl groups is 1. The van der Waals surface area contributed by atoms with Crippen LogP contribution in [0.1, 0.15) is 39.5 Å². The van der Waals surface area contributed by atoms with Crippen LogP contribution in [0.4, 0.5) is 0 Å². The van der Waals surface area contributed by atoms with Gasteiger partial charge in [-0.05, 0) is 45.1 Å². The molecule has 1 saturated carbocycles. The minimum atomic E-state index is -0.156. The fraction of sp³-hybridized carbons (Fsp3) is 1.00. The van der Waals surface area contributed by atoms with Gasteiger partial charge in [-0.1, -0.05) is 6.92 Å². The Labute approximate surface area is 75.4 Å². The first-order valence-electron chi connectivity index (χ1n) is 5.10. The summed E-state index contributed by atoms with van der Waals surface area (Å²) in [5.74, 6) is 0.897. The van der Waals surface area contributed by atoms with E-state index in [9.17, 15) is 0 Å². The number of rotatable bonds is 4. The highest BCUT2D eigenvalue weighted by Crippen LogP contribution is 2.24. The average molecular weight is 171 g/mol. The van der Waals surface area contributed by atoms with E-state index in [-0.39, 0.29) is 6.10 Å². The predicted molar refractivity (Wildman–Crippen MR) is 51.1 cm³/mol. The van der Waals surface area contributed by atoms with Gasteiger partial charge < -0.3 is 10.4 Å². The number of nitrogens with one attached hydrogen (secondary N) is 1. The molecular weight excluding hydrogens is 150 g/mol. The van der Waals surface area contributed by atoms with Crippen LogP contribution in [0.3, 0.4) is 0 Å². The number of hydrogen-bond acceptors (Lipinski definition) is 2. The first-order valence-corrected chi connectivity index (χ1v) is 5.10. The van der Waals surface area contributed by atoms with E-state index in [4.69, 9.17) is 5.11 Å². The molecule has 0 aromatic heterocycles. The first kappa shape index (κ1) is 10.0. The summed E-state index contributed by atoms with van der Waals surface area (Å²) in [7, 11) is 0. The second-order valence-electron chi connectivity index (χ2n) is 4.21. The Hall–Kier alpha value is -0.0800. The summed E-state index contributed by atoms with van der Waals surface area (Å²) in [5.41, 5.74) is 0. The summed E-state index contributed by atoms with van der Waals surface area (Å²) in [5, 5.41) is 12.5. The second-order valence-corrected chi connectivity index (χ2v) is 4.21. The summed E-state index contributed by atoms with van der Waals surface area (Å²) in [6, 6.07) is 0.721. The summed E-state index contributed by atoms with van der Waals surface area (Å²) >= 11 is 0. The molecule has 0 spiro atoms. The van der Waals surface area contributed by atoms with E-state index in [1.54, 1.807) is 0 Å². The van der Waals surface area contributed by atoms with Gasteiger partial charge in [0.2, 0.25) is 0 Å². The van der Waals surface area contributed by atoms with E-state index >= 15 is 0 Å². The normalized spacial score (nSPS) is 32.2. The van der Waals surface area contributed by atoms with Crippen LogP contribution < -0.4 is 5.32 Å². The molecule has 1 aliphatic carbocycles. The number of hydrogen-bond donors (Lipinski definition) is 2.